The van der Waals surface area contributed by atoms with Crippen LogP contribution in [0.1, 0.15) is 78.3 Å². The summed E-state index contributed by atoms with van der Waals surface area (Å²) in [4.78, 5) is 0. The summed E-state index contributed by atoms with van der Waals surface area (Å²) in [5, 5.41) is 17.8. The Morgan fingerprint density at radius 3 is 1.16 bits per heavy atom. The number of hydrogen-bond donors (Lipinski definition) is 0. The number of ether oxygens (including phenoxy) is 2. The first-order valence-electron chi connectivity index (χ1n) is 14.8. The van der Waals surface area contributed by atoms with Gasteiger partial charge in [-0.1, -0.05) is 68.5 Å². The molecule has 220 valence electrons. The van der Waals surface area contributed by atoms with Crippen molar-refractivity contribution in [2.45, 2.75) is 71.0 Å². The van der Waals surface area contributed by atoms with Crippen LogP contribution in [0.4, 0.5) is 8.78 Å². The van der Waals surface area contributed by atoms with Crippen LogP contribution in [0, 0.1) is 34.3 Å². The minimum atomic E-state index is -0.351. The average Bonchev–Trinajstić information content (AvgIpc) is 3.03. The van der Waals surface area contributed by atoms with Gasteiger partial charge in [0, 0.05) is 0 Å². The van der Waals surface area contributed by atoms with E-state index in [1.807, 2.05) is 36.4 Å². The molecule has 0 saturated heterocycles. The summed E-state index contributed by atoms with van der Waals surface area (Å²) in [7, 11) is 0. The van der Waals surface area contributed by atoms with E-state index in [4.69, 9.17) is 20.0 Å². The largest absolute Gasteiger partial charge is 0.486 e. The summed E-state index contributed by atoms with van der Waals surface area (Å²) < 4.78 is 40.2. The topological polar surface area (TPSA) is 66.0 Å². The number of aryl methyl sites for hydroxylation is 2. The Balaban J connectivity index is 1.05. The number of nitriles is 2. The third-order valence-electron chi connectivity index (χ3n) is 7.38. The fourth-order valence-electron chi connectivity index (χ4n) is 4.85. The molecule has 0 atom stereocenters. The number of benzene rings is 4. The molecule has 0 fully saturated rings. The monoisotopic (exact) mass is 578 g/mol. The molecule has 0 aliphatic heterocycles. The van der Waals surface area contributed by atoms with Crippen LogP contribution in [0.5, 0.6) is 11.5 Å². The standard InChI is InChI=1S/C37H36F2N2O2/c38-34-22-28(18-20-36(34)42-26-32-14-10-30(24-40)11-15-32)8-6-4-2-1-3-5-7-9-29-19-21-37(35(39)23-29)43-27-33-16-12-31(25-41)13-17-33/h10-23H,1-9,26-27H2. The van der Waals surface area contributed by atoms with Crippen molar-refractivity contribution in [2.75, 3.05) is 0 Å². The zero-order valence-corrected chi connectivity index (χ0v) is 24.3. The van der Waals surface area contributed by atoms with Gasteiger partial charge in [-0.3, -0.25) is 0 Å². The van der Waals surface area contributed by atoms with Crippen molar-refractivity contribution in [1.82, 2.24) is 0 Å². The van der Waals surface area contributed by atoms with Gasteiger partial charge in [0.15, 0.2) is 23.1 Å². The molecule has 0 amide bonds. The molecular formula is C37H36F2N2O2. The number of halogens is 2. The Morgan fingerprint density at radius 2 is 0.814 bits per heavy atom. The highest BCUT2D eigenvalue weighted by Gasteiger charge is 2.08. The van der Waals surface area contributed by atoms with Gasteiger partial charge in [-0.05, 0) is 96.5 Å². The molecule has 4 aromatic rings. The van der Waals surface area contributed by atoms with Crippen molar-refractivity contribution in [2.24, 2.45) is 0 Å². The van der Waals surface area contributed by atoms with Crippen molar-refractivity contribution in [1.29, 1.82) is 10.5 Å². The average molecular weight is 579 g/mol. The smallest absolute Gasteiger partial charge is 0.165 e. The number of rotatable bonds is 16. The van der Waals surface area contributed by atoms with Crippen LogP contribution >= 0.6 is 0 Å². The lowest BCUT2D eigenvalue weighted by Crippen LogP contribution is -1.98. The van der Waals surface area contributed by atoms with Crippen LogP contribution in [-0.2, 0) is 26.1 Å². The maximum Gasteiger partial charge on any atom is 0.165 e. The molecule has 0 aliphatic carbocycles. The fraction of sp³-hybridized carbons (Fsp3) is 0.297. The molecule has 6 heteroatoms. The molecule has 0 unspecified atom stereocenters. The van der Waals surface area contributed by atoms with Crippen molar-refractivity contribution in [3.05, 3.63) is 130 Å². The van der Waals surface area contributed by atoms with E-state index in [0.717, 1.165) is 80.0 Å². The highest BCUT2D eigenvalue weighted by Crippen LogP contribution is 2.23. The summed E-state index contributed by atoms with van der Waals surface area (Å²) in [6.07, 6.45) is 9.38. The SMILES string of the molecule is N#Cc1ccc(COc2ccc(CCCCCCCCCc3ccc(OCc4ccc(C#N)cc4)c(F)c3)cc2F)cc1. The third kappa shape index (κ3) is 10.3. The number of hydrogen-bond acceptors (Lipinski definition) is 4. The molecule has 4 aromatic carbocycles. The maximum atomic E-state index is 14.5. The Morgan fingerprint density at radius 1 is 0.465 bits per heavy atom. The van der Waals surface area contributed by atoms with Gasteiger partial charge in [-0.25, -0.2) is 8.78 Å². The molecule has 0 spiro atoms. The summed E-state index contributed by atoms with van der Waals surface area (Å²) in [5.41, 5.74) is 4.88. The molecule has 4 nitrogen and oxygen atoms in total. The molecular weight excluding hydrogens is 542 g/mol. The number of unbranched alkanes of at least 4 members (excludes halogenated alkanes) is 6. The summed E-state index contributed by atoms with van der Waals surface area (Å²) in [5.74, 6) is -0.229. The predicted molar refractivity (Wildman–Crippen MR) is 164 cm³/mol. The van der Waals surface area contributed by atoms with Gasteiger partial charge >= 0.3 is 0 Å². The van der Waals surface area contributed by atoms with Gasteiger partial charge in [-0.15, -0.1) is 0 Å². The number of nitrogens with zero attached hydrogens (tertiary/aromatic N) is 2. The van der Waals surface area contributed by atoms with Gasteiger partial charge in [0.05, 0.1) is 23.3 Å². The van der Waals surface area contributed by atoms with Crippen molar-refractivity contribution in [3.63, 3.8) is 0 Å². The van der Waals surface area contributed by atoms with Gasteiger partial charge in [0.25, 0.3) is 0 Å². The van der Waals surface area contributed by atoms with Gasteiger partial charge < -0.3 is 9.47 Å². The molecule has 0 radical (unpaired) electrons. The van der Waals surface area contributed by atoms with Crippen molar-refractivity contribution < 1.29 is 18.3 Å². The minimum absolute atomic E-state index is 0.236. The Bertz CT molecular complexity index is 1420. The van der Waals surface area contributed by atoms with Crippen LogP contribution in [0.25, 0.3) is 0 Å². The molecule has 0 aliphatic rings. The van der Waals surface area contributed by atoms with Gasteiger partial charge in [0.1, 0.15) is 13.2 Å². The molecule has 4 rings (SSSR count). The van der Waals surface area contributed by atoms with E-state index in [2.05, 4.69) is 12.1 Å². The molecule has 0 bridgehead atoms. The first kappa shape index (κ1) is 31.3. The van der Waals surface area contributed by atoms with E-state index in [-0.39, 0.29) is 36.3 Å². The molecule has 43 heavy (non-hydrogen) atoms. The highest BCUT2D eigenvalue weighted by molar-refractivity contribution is 5.34. The zero-order valence-electron chi connectivity index (χ0n) is 24.3. The maximum absolute atomic E-state index is 14.5. The van der Waals surface area contributed by atoms with Crippen LogP contribution in [0.2, 0.25) is 0 Å². The van der Waals surface area contributed by atoms with E-state index < -0.39 is 0 Å². The lowest BCUT2D eigenvalue weighted by Gasteiger charge is -2.09. The fourth-order valence-corrected chi connectivity index (χ4v) is 4.85. The van der Waals surface area contributed by atoms with E-state index in [1.165, 1.54) is 0 Å². The first-order chi connectivity index (χ1) is 21.0. The Labute approximate surface area is 253 Å². The van der Waals surface area contributed by atoms with E-state index in [0.29, 0.717) is 11.1 Å². The zero-order chi connectivity index (χ0) is 30.3. The van der Waals surface area contributed by atoms with E-state index in [9.17, 15) is 8.78 Å². The molecule has 0 heterocycles. The second-order valence-corrected chi connectivity index (χ2v) is 10.7. The van der Waals surface area contributed by atoms with Gasteiger partial charge in [0.2, 0.25) is 0 Å². The lowest BCUT2D eigenvalue weighted by molar-refractivity contribution is 0.290. The van der Waals surface area contributed by atoms with E-state index >= 15 is 0 Å². The summed E-state index contributed by atoms with van der Waals surface area (Å²) in [6.45, 7) is 0.504. The van der Waals surface area contributed by atoms with Crippen molar-refractivity contribution >= 4 is 0 Å². The molecule has 0 aromatic heterocycles. The van der Waals surface area contributed by atoms with Crippen molar-refractivity contribution in [3.8, 4) is 23.6 Å². The third-order valence-corrected chi connectivity index (χ3v) is 7.38. The van der Waals surface area contributed by atoms with Crippen LogP contribution in [-0.4, -0.2) is 0 Å². The molecule has 0 N–H and O–H groups in total. The van der Waals surface area contributed by atoms with Crippen LogP contribution in [0.3, 0.4) is 0 Å². The Kier molecular flexibility index (Phi) is 12.1. The van der Waals surface area contributed by atoms with E-state index in [1.54, 1.807) is 48.5 Å². The Hall–Kier alpha value is -4.68. The summed E-state index contributed by atoms with van der Waals surface area (Å²) in [6, 6.07) is 28.6. The van der Waals surface area contributed by atoms with Gasteiger partial charge in [-0.2, -0.15) is 10.5 Å². The predicted octanol–water partition coefficient (Wildman–Crippen LogP) is 9.38. The second kappa shape index (κ2) is 16.7. The summed E-state index contributed by atoms with van der Waals surface area (Å²) >= 11 is 0. The normalized spacial score (nSPS) is 10.6. The minimum Gasteiger partial charge on any atom is -0.486 e. The quantitative estimate of drug-likeness (QED) is 0.124. The van der Waals surface area contributed by atoms with Crippen LogP contribution < -0.4 is 9.47 Å². The molecule has 0 saturated carbocycles. The second-order valence-electron chi connectivity index (χ2n) is 10.7. The van der Waals surface area contributed by atoms with Crippen LogP contribution in [0.15, 0.2) is 84.9 Å². The lowest BCUT2D eigenvalue weighted by atomic mass is 10.0. The highest BCUT2D eigenvalue weighted by atomic mass is 19.1. The first-order valence-corrected chi connectivity index (χ1v) is 14.8.